The highest BCUT2D eigenvalue weighted by Crippen LogP contribution is 2.35. The van der Waals surface area contributed by atoms with E-state index >= 15 is 0 Å². The summed E-state index contributed by atoms with van der Waals surface area (Å²) in [5.41, 5.74) is 4.95. The fourth-order valence-electron chi connectivity index (χ4n) is 4.94. The molecule has 1 aromatic carbocycles. The van der Waals surface area contributed by atoms with Gasteiger partial charge in [-0.3, -0.25) is 9.59 Å². The molecule has 3 heterocycles. The number of fused-ring (bicyclic) bond motifs is 1. The van der Waals surface area contributed by atoms with Crippen molar-refractivity contribution in [2.24, 2.45) is 5.73 Å². The number of thiophene rings is 1. The zero-order valence-corrected chi connectivity index (χ0v) is 21.8. The second-order valence-electron chi connectivity index (χ2n) is 9.25. The lowest BCUT2D eigenvalue weighted by Gasteiger charge is -2.46. The van der Waals surface area contributed by atoms with E-state index < -0.39 is 34.0 Å². The van der Waals surface area contributed by atoms with Crippen molar-refractivity contribution in [1.82, 2.24) is 14.1 Å². The predicted octanol–water partition coefficient (Wildman–Crippen LogP) is 2.81. The highest BCUT2D eigenvalue weighted by molar-refractivity contribution is 7.91. The molecule has 0 bridgehead atoms. The topological polar surface area (TPSA) is 104 Å². The maximum atomic E-state index is 13.7. The molecule has 1 unspecified atom stereocenters. The average Bonchev–Trinajstić information content (AvgIpc) is 3.23. The molecular formula is C23H31ClN4O4S2. The summed E-state index contributed by atoms with van der Waals surface area (Å²) in [6.45, 7) is 5.44. The van der Waals surface area contributed by atoms with Crippen LogP contribution in [-0.2, 0) is 19.6 Å². The van der Waals surface area contributed by atoms with Gasteiger partial charge < -0.3 is 15.5 Å². The first-order valence-corrected chi connectivity index (χ1v) is 14.3. The second-order valence-corrected chi connectivity index (χ2v) is 13.0. The molecule has 2 aromatic rings. The third kappa shape index (κ3) is 4.97. The van der Waals surface area contributed by atoms with Gasteiger partial charge in [-0.25, -0.2) is 8.42 Å². The van der Waals surface area contributed by atoms with Crippen molar-refractivity contribution in [3.8, 4) is 0 Å². The minimum atomic E-state index is -4.13. The number of halogens is 1. The third-order valence-electron chi connectivity index (χ3n) is 6.77. The van der Waals surface area contributed by atoms with Crippen molar-refractivity contribution in [2.45, 2.75) is 67.4 Å². The molecule has 2 saturated heterocycles. The first-order chi connectivity index (χ1) is 16.1. The van der Waals surface area contributed by atoms with Crippen LogP contribution in [0.2, 0.25) is 0 Å². The maximum absolute atomic E-state index is 13.7. The van der Waals surface area contributed by atoms with Crippen LogP contribution in [0.25, 0.3) is 10.1 Å². The number of hydrogen-bond acceptors (Lipinski definition) is 6. The SMILES string of the molecule is CC(C)N1CCC(N2C(=O)C(N(CC(N)=O)S(=O)(=O)c3cc4ccccc4s3)CC[C@@H]2Cl)CC1. The number of hydrogen-bond donors (Lipinski definition) is 1. The zero-order valence-electron chi connectivity index (χ0n) is 19.4. The van der Waals surface area contributed by atoms with Gasteiger partial charge in [0.25, 0.3) is 10.0 Å². The minimum absolute atomic E-state index is 0.0599. The van der Waals surface area contributed by atoms with Crippen molar-refractivity contribution in [2.75, 3.05) is 19.6 Å². The number of amides is 2. The fraction of sp³-hybridized carbons (Fsp3) is 0.565. The Morgan fingerprint density at radius 1 is 1.21 bits per heavy atom. The Bertz CT molecular complexity index is 1130. The van der Waals surface area contributed by atoms with Crippen molar-refractivity contribution in [1.29, 1.82) is 0 Å². The molecular weight excluding hydrogens is 496 g/mol. The van der Waals surface area contributed by atoms with Gasteiger partial charge in [-0.05, 0) is 57.0 Å². The van der Waals surface area contributed by atoms with E-state index in [0.29, 0.717) is 12.5 Å². The fourth-order valence-corrected chi connectivity index (χ4v) is 8.43. The Labute approximate surface area is 209 Å². The normalized spacial score (nSPS) is 23.3. The lowest BCUT2D eigenvalue weighted by Crippen LogP contribution is -2.61. The van der Waals surface area contributed by atoms with Crippen molar-refractivity contribution >= 4 is 54.9 Å². The largest absolute Gasteiger partial charge is 0.369 e. The molecule has 0 aliphatic carbocycles. The number of likely N-dealkylation sites (tertiary alicyclic amines) is 2. The van der Waals surface area contributed by atoms with E-state index in [1.807, 2.05) is 24.3 Å². The van der Waals surface area contributed by atoms with E-state index in [2.05, 4.69) is 18.7 Å². The van der Waals surface area contributed by atoms with Gasteiger partial charge in [0.15, 0.2) is 0 Å². The van der Waals surface area contributed by atoms with E-state index in [4.69, 9.17) is 17.3 Å². The molecule has 4 rings (SSSR count). The quantitative estimate of drug-likeness (QED) is 0.441. The van der Waals surface area contributed by atoms with Gasteiger partial charge in [0.1, 0.15) is 15.8 Å². The zero-order chi connectivity index (χ0) is 24.6. The number of nitrogens with zero attached hydrogens (tertiary/aromatic N) is 3. The molecule has 1 aromatic heterocycles. The second kappa shape index (κ2) is 10.1. The van der Waals surface area contributed by atoms with E-state index in [1.165, 1.54) is 0 Å². The molecule has 2 fully saturated rings. The first-order valence-electron chi connectivity index (χ1n) is 11.6. The standard InChI is InChI=1S/C23H31ClN4O4S2/c1-15(2)26-11-9-17(10-12-26)28-20(24)8-7-18(23(28)30)27(14-21(25)29)34(31,32)22-13-16-5-3-4-6-19(16)33-22/h3-6,13,15,17-18,20H,7-12,14H2,1-2H3,(H2,25,29)/t18?,20-/m1/s1. The summed E-state index contributed by atoms with van der Waals surface area (Å²) in [7, 11) is -4.13. The summed E-state index contributed by atoms with van der Waals surface area (Å²) >= 11 is 7.72. The molecule has 0 saturated carbocycles. The number of carbonyl (C=O) groups excluding carboxylic acids is 2. The van der Waals surface area contributed by atoms with E-state index in [0.717, 1.165) is 51.7 Å². The Kier molecular flexibility index (Phi) is 7.54. The Hall–Kier alpha value is -1.72. The molecule has 2 aliphatic rings. The van der Waals surface area contributed by atoms with Crippen LogP contribution in [0.3, 0.4) is 0 Å². The van der Waals surface area contributed by atoms with Crippen molar-refractivity contribution in [3.63, 3.8) is 0 Å². The monoisotopic (exact) mass is 526 g/mol. The van der Waals surface area contributed by atoms with Gasteiger partial charge in [-0.15, -0.1) is 11.3 Å². The summed E-state index contributed by atoms with van der Waals surface area (Å²) in [6.07, 6.45) is 2.24. The summed E-state index contributed by atoms with van der Waals surface area (Å²) < 4.78 is 29.3. The number of alkyl halides is 1. The smallest absolute Gasteiger partial charge is 0.253 e. The van der Waals surface area contributed by atoms with Gasteiger partial charge >= 0.3 is 0 Å². The average molecular weight is 527 g/mol. The van der Waals surface area contributed by atoms with Gasteiger partial charge in [0.05, 0.1) is 6.54 Å². The van der Waals surface area contributed by atoms with Crippen LogP contribution >= 0.6 is 22.9 Å². The van der Waals surface area contributed by atoms with Crippen LogP contribution in [0, 0.1) is 0 Å². The Morgan fingerprint density at radius 3 is 2.50 bits per heavy atom. The van der Waals surface area contributed by atoms with Crippen LogP contribution in [0.4, 0.5) is 0 Å². The number of benzene rings is 1. The van der Waals surface area contributed by atoms with Gasteiger partial charge in [0.2, 0.25) is 11.8 Å². The van der Waals surface area contributed by atoms with E-state index in [1.54, 1.807) is 11.0 Å². The van der Waals surface area contributed by atoms with Crippen molar-refractivity contribution < 1.29 is 18.0 Å². The van der Waals surface area contributed by atoms with Gasteiger partial charge in [0, 0.05) is 29.9 Å². The molecule has 0 spiro atoms. The van der Waals surface area contributed by atoms with Crippen molar-refractivity contribution in [3.05, 3.63) is 30.3 Å². The molecule has 2 amide bonds. The lowest BCUT2D eigenvalue weighted by atomic mass is 9.96. The molecule has 11 heteroatoms. The molecule has 8 nitrogen and oxygen atoms in total. The maximum Gasteiger partial charge on any atom is 0.253 e. The van der Waals surface area contributed by atoms with E-state index in [-0.39, 0.29) is 22.6 Å². The molecule has 0 radical (unpaired) electrons. The van der Waals surface area contributed by atoms with Crippen LogP contribution in [-0.4, -0.2) is 77.6 Å². The summed E-state index contributed by atoms with van der Waals surface area (Å²) in [5, 5.41) is 0.791. The summed E-state index contributed by atoms with van der Waals surface area (Å²) in [5.74, 6) is -1.15. The van der Waals surface area contributed by atoms with Crippen LogP contribution in [0.5, 0.6) is 0 Å². The Balaban J connectivity index is 1.63. The number of rotatable bonds is 7. The lowest BCUT2D eigenvalue weighted by molar-refractivity contribution is -0.143. The highest BCUT2D eigenvalue weighted by Gasteiger charge is 2.46. The summed E-state index contributed by atoms with van der Waals surface area (Å²) in [4.78, 5) is 29.6. The first kappa shape index (κ1) is 25.4. The van der Waals surface area contributed by atoms with Gasteiger partial charge in [-0.2, -0.15) is 4.31 Å². The number of sulfonamides is 1. The number of carbonyl (C=O) groups is 2. The van der Waals surface area contributed by atoms with Crippen LogP contribution < -0.4 is 5.73 Å². The Morgan fingerprint density at radius 2 is 1.88 bits per heavy atom. The minimum Gasteiger partial charge on any atom is -0.369 e. The van der Waals surface area contributed by atoms with Crippen LogP contribution in [0.1, 0.15) is 39.5 Å². The predicted molar refractivity (Wildman–Crippen MR) is 134 cm³/mol. The summed E-state index contributed by atoms with van der Waals surface area (Å²) in [6, 6.07) is 8.28. The number of nitrogens with two attached hydrogens (primary N) is 1. The molecule has 2 aliphatic heterocycles. The molecule has 186 valence electrons. The molecule has 2 N–H and O–H groups in total. The highest BCUT2D eigenvalue weighted by atomic mass is 35.5. The number of primary amides is 1. The van der Waals surface area contributed by atoms with E-state index in [9.17, 15) is 18.0 Å². The third-order valence-corrected chi connectivity index (χ3v) is 10.6. The number of piperidine rings is 2. The molecule has 34 heavy (non-hydrogen) atoms. The molecule has 2 atom stereocenters. The van der Waals surface area contributed by atoms with Crippen LogP contribution in [0.15, 0.2) is 34.5 Å². The van der Waals surface area contributed by atoms with Gasteiger partial charge in [-0.1, -0.05) is 29.8 Å².